The summed E-state index contributed by atoms with van der Waals surface area (Å²) in [4.78, 5) is 14.2. The molecule has 126 valence electrons. The maximum atomic E-state index is 11.7. The van der Waals surface area contributed by atoms with Crippen molar-refractivity contribution in [2.24, 2.45) is 5.92 Å². The molecule has 1 amide bonds. The van der Waals surface area contributed by atoms with Crippen molar-refractivity contribution in [2.75, 3.05) is 19.6 Å². The molecule has 0 aromatic carbocycles. The Morgan fingerprint density at radius 1 is 1.24 bits per heavy atom. The maximum absolute atomic E-state index is 11.7. The van der Waals surface area contributed by atoms with Gasteiger partial charge in [-0.1, -0.05) is 27.7 Å². The third-order valence-corrected chi connectivity index (χ3v) is 3.33. The van der Waals surface area contributed by atoms with Crippen LogP contribution in [0.2, 0.25) is 0 Å². The summed E-state index contributed by atoms with van der Waals surface area (Å²) in [5.74, 6) is 0.762. The molecule has 0 aromatic rings. The zero-order valence-corrected chi connectivity index (χ0v) is 15.2. The number of likely N-dealkylation sites (tertiary alicyclic amines) is 1. The van der Waals surface area contributed by atoms with Gasteiger partial charge in [-0.3, -0.25) is 0 Å². The van der Waals surface area contributed by atoms with Gasteiger partial charge in [-0.25, -0.2) is 4.79 Å². The second kappa shape index (κ2) is 10.0. The number of carbonyl (C=O) groups excluding carboxylic acids is 1. The smallest absolute Gasteiger partial charge is 0.407 e. The van der Waals surface area contributed by atoms with Crippen LogP contribution in [0.3, 0.4) is 0 Å². The highest BCUT2D eigenvalue weighted by atomic mass is 16.6. The van der Waals surface area contributed by atoms with Crippen molar-refractivity contribution in [3.05, 3.63) is 0 Å². The van der Waals surface area contributed by atoms with Gasteiger partial charge in [-0.15, -0.1) is 0 Å². The summed E-state index contributed by atoms with van der Waals surface area (Å²) in [6, 6.07) is 0.269. The fourth-order valence-corrected chi connectivity index (χ4v) is 2.22. The van der Waals surface area contributed by atoms with E-state index in [-0.39, 0.29) is 12.1 Å². The first kappa shape index (κ1) is 20.2. The van der Waals surface area contributed by atoms with Gasteiger partial charge in [0.05, 0.1) is 0 Å². The van der Waals surface area contributed by atoms with Crippen LogP contribution in [0.15, 0.2) is 0 Å². The molecule has 1 fully saturated rings. The molecule has 1 N–H and O–H groups in total. The van der Waals surface area contributed by atoms with Crippen LogP contribution in [0.1, 0.15) is 67.7 Å². The highest BCUT2D eigenvalue weighted by molar-refractivity contribution is 5.68. The molecule has 1 saturated heterocycles. The lowest BCUT2D eigenvalue weighted by molar-refractivity contribution is 0.0478. The van der Waals surface area contributed by atoms with Crippen molar-refractivity contribution in [3.8, 4) is 0 Å². The summed E-state index contributed by atoms with van der Waals surface area (Å²) >= 11 is 0. The highest BCUT2D eigenvalue weighted by Gasteiger charge is 2.23. The van der Waals surface area contributed by atoms with E-state index in [9.17, 15) is 4.79 Å². The summed E-state index contributed by atoms with van der Waals surface area (Å²) in [5, 5.41) is 2.97. The first-order chi connectivity index (χ1) is 9.76. The summed E-state index contributed by atoms with van der Waals surface area (Å²) in [7, 11) is 0. The maximum Gasteiger partial charge on any atom is 0.407 e. The molecule has 1 heterocycles. The Labute approximate surface area is 131 Å². The molecular weight excluding hydrogens is 264 g/mol. The van der Waals surface area contributed by atoms with Gasteiger partial charge in [0, 0.05) is 19.1 Å². The predicted molar refractivity (Wildman–Crippen MR) is 89.6 cm³/mol. The number of hydrogen-bond donors (Lipinski definition) is 1. The lowest BCUT2D eigenvalue weighted by atomic mass is 10.0. The number of nitrogens with one attached hydrogen (secondary N) is 1. The minimum atomic E-state index is -0.415. The van der Waals surface area contributed by atoms with Gasteiger partial charge < -0.3 is 15.0 Å². The van der Waals surface area contributed by atoms with Crippen LogP contribution in [-0.2, 0) is 4.74 Å². The largest absolute Gasteiger partial charge is 0.444 e. The molecule has 0 radical (unpaired) electrons. The van der Waals surface area contributed by atoms with Crippen LogP contribution in [-0.4, -0.2) is 42.3 Å². The molecule has 1 aliphatic rings. The molecule has 0 aliphatic carbocycles. The lowest BCUT2D eigenvalue weighted by Gasteiger charge is -2.33. The SMILES string of the molecule is CC.CC(C)CCN1CCC(NC(=O)OC(C)(C)C)CC1. The van der Waals surface area contributed by atoms with Gasteiger partial charge in [-0.05, 0) is 52.5 Å². The molecule has 0 aromatic heterocycles. The number of nitrogens with zero attached hydrogens (tertiary/aromatic N) is 1. The minimum Gasteiger partial charge on any atom is -0.444 e. The molecule has 0 atom stereocenters. The minimum absolute atomic E-state index is 0.269. The molecule has 4 heteroatoms. The van der Waals surface area contributed by atoms with E-state index < -0.39 is 5.60 Å². The standard InChI is InChI=1S/C15H30N2O2.C2H6/c1-12(2)6-9-17-10-7-13(8-11-17)16-14(18)19-15(3,4)5;1-2/h12-13H,6-11H2,1-5H3,(H,16,18);1-2H3. The Morgan fingerprint density at radius 3 is 2.19 bits per heavy atom. The average molecular weight is 300 g/mol. The third kappa shape index (κ3) is 10.6. The Morgan fingerprint density at radius 2 is 1.76 bits per heavy atom. The highest BCUT2D eigenvalue weighted by Crippen LogP contribution is 2.13. The average Bonchev–Trinajstić information content (AvgIpc) is 2.38. The van der Waals surface area contributed by atoms with Gasteiger partial charge in [-0.2, -0.15) is 0 Å². The van der Waals surface area contributed by atoms with Crippen molar-refractivity contribution in [3.63, 3.8) is 0 Å². The van der Waals surface area contributed by atoms with Crippen LogP contribution in [0, 0.1) is 5.92 Å². The number of rotatable bonds is 4. The van der Waals surface area contributed by atoms with Gasteiger partial charge in [0.1, 0.15) is 5.60 Å². The Kier molecular flexibility index (Phi) is 9.67. The Bertz CT molecular complexity index is 277. The summed E-state index contributed by atoms with van der Waals surface area (Å²) in [6.07, 6.45) is 3.02. The molecule has 1 aliphatic heterocycles. The molecule has 0 bridgehead atoms. The van der Waals surface area contributed by atoms with E-state index in [1.165, 1.54) is 13.0 Å². The van der Waals surface area contributed by atoms with E-state index in [1.807, 2.05) is 34.6 Å². The number of hydrogen-bond acceptors (Lipinski definition) is 3. The molecule has 0 unspecified atom stereocenters. The second-order valence-corrected chi connectivity index (χ2v) is 6.94. The van der Waals surface area contributed by atoms with Crippen molar-refractivity contribution < 1.29 is 9.53 Å². The molecule has 21 heavy (non-hydrogen) atoms. The second-order valence-electron chi connectivity index (χ2n) is 6.94. The predicted octanol–water partition coefficient (Wildman–Crippen LogP) is 4.05. The first-order valence-corrected chi connectivity index (χ1v) is 8.48. The van der Waals surface area contributed by atoms with Crippen LogP contribution in [0.25, 0.3) is 0 Å². The summed E-state index contributed by atoms with van der Waals surface area (Å²) < 4.78 is 5.28. The number of ether oxygens (including phenoxy) is 1. The Balaban J connectivity index is 0.00000191. The molecular formula is C17H36N2O2. The van der Waals surface area contributed by atoms with E-state index in [0.29, 0.717) is 0 Å². The van der Waals surface area contributed by atoms with Crippen LogP contribution in [0.5, 0.6) is 0 Å². The number of amides is 1. The van der Waals surface area contributed by atoms with E-state index in [4.69, 9.17) is 4.74 Å². The third-order valence-electron chi connectivity index (χ3n) is 3.33. The molecule has 0 saturated carbocycles. The van der Waals surface area contributed by atoms with Crippen LogP contribution >= 0.6 is 0 Å². The zero-order chi connectivity index (χ0) is 16.5. The van der Waals surface area contributed by atoms with E-state index >= 15 is 0 Å². The van der Waals surface area contributed by atoms with Crippen LogP contribution in [0.4, 0.5) is 4.79 Å². The van der Waals surface area contributed by atoms with Gasteiger partial charge >= 0.3 is 6.09 Å². The van der Waals surface area contributed by atoms with Gasteiger partial charge in [0.2, 0.25) is 0 Å². The first-order valence-electron chi connectivity index (χ1n) is 8.48. The topological polar surface area (TPSA) is 41.6 Å². The van der Waals surface area contributed by atoms with E-state index in [1.54, 1.807) is 0 Å². The van der Waals surface area contributed by atoms with Crippen molar-refractivity contribution >= 4 is 6.09 Å². The van der Waals surface area contributed by atoms with Gasteiger partial charge in [0.15, 0.2) is 0 Å². The molecule has 4 nitrogen and oxygen atoms in total. The van der Waals surface area contributed by atoms with E-state index in [0.717, 1.165) is 31.8 Å². The monoisotopic (exact) mass is 300 g/mol. The van der Waals surface area contributed by atoms with Crippen molar-refractivity contribution in [2.45, 2.75) is 79.4 Å². The fraction of sp³-hybridized carbons (Fsp3) is 0.941. The van der Waals surface area contributed by atoms with E-state index in [2.05, 4.69) is 24.1 Å². The number of alkyl carbamates (subject to hydrolysis) is 1. The molecule has 1 rings (SSSR count). The Hall–Kier alpha value is -0.770. The molecule has 0 spiro atoms. The van der Waals surface area contributed by atoms with Crippen LogP contribution < -0.4 is 5.32 Å². The quantitative estimate of drug-likeness (QED) is 0.851. The number of piperidine rings is 1. The number of carbonyl (C=O) groups is 1. The summed E-state index contributed by atoms with van der Waals surface area (Å²) in [5.41, 5.74) is -0.415. The normalized spacial score (nSPS) is 17.1. The zero-order valence-electron chi connectivity index (χ0n) is 15.2. The lowest BCUT2D eigenvalue weighted by Crippen LogP contribution is -2.46. The fourth-order valence-electron chi connectivity index (χ4n) is 2.22. The van der Waals surface area contributed by atoms with Crippen molar-refractivity contribution in [1.29, 1.82) is 0 Å². The summed E-state index contributed by atoms with van der Waals surface area (Å²) in [6.45, 7) is 17.5. The van der Waals surface area contributed by atoms with Crippen molar-refractivity contribution in [1.82, 2.24) is 10.2 Å². The van der Waals surface area contributed by atoms with Gasteiger partial charge in [0.25, 0.3) is 0 Å².